The minimum absolute atomic E-state index is 0.205. The number of aliphatic hydroxyl groups excluding tert-OH is 1. The van der Waals surface area contributed by atoms with Gasteiger partial charge in [-0.1, -0.05) is 38.4 Å². The second kappa shape index (κ2) is 12.2. The van der Waals surface area contributed by atoms with Crippen LogP contribution in [0, 0.1) is 18.3 Å². The molecule has 5 rings (SSSR count). The van der Waals surface area contributed by atoms with E-state index in [2.05, 4.69) is 19.5 Å². The van der Waals surface area contributed by atoms with Crippen LogP contribution in [0.4, 0.5) is 10.6 Å². The van der Waals surface area contributed by atoms with Gasteiger partial charge in [-0.3, -0.25) is 13.9 Å². The van der Waals surface area contributed by atoms with Crippen LogP contribution < -0.4 is 10.5 Å². The summed E-state index contributed by atoms with van der Waals surface area (Å²) < 4.78 is 27.1. The van der Waals surface area contributed by atoms with Gasteiger partial charge in [0, 0.05) is 34.6 Å². The van der Waals surface area contributed by atoms with Crippen molar-refractivity contribution in [2.75, 3.05) is 18.5 Å². The molecule has 3 heterocycles. The topological polar surface area (TPSA) is 185 Å². The Balaban J connectivity index is 1.52. The number of hydrogen-bond donors (Lipinski definition) is 4. The van der Waals surface area contributed by atoms with E-state index in [0.29, 0.717) is 28.3 Å². The summed E-state index contributed by atoms with van der Waals surface area (Å²) in [4.78, 5) is 38.0. The Morgan fingerprint density at radius 1 is 1.24 bits per heavy atom. The number of ketones is 1. The Morgan fingerprint density at radius 3 is 2.64 bits per heavy atom. The maximum atomic E-state index is 14.1. The van der Waals surface area contributed by atoms with Crippen LogP contribution in [-0.4, -0.2) is 70.7 Å². The first-order chi connectivity index (χ1) is 21.0. The van der Waals surface area contributed by atoms with Gasteiger partial charge in [0.2, 0.25) is 5.78 Å². The van der Waals surface area contributed by atoms with E-state index in [1.54, 1.807) is 6.07 Å². The van der Waals surface area contributed by atoms with Crippen LogP contribution in [0.2, 0.25) is 5.02 Å². The average Bonchev–Trinajstić information content (AvgIpc) is 3.51. The normalized spacial score (nSPS) is 23.5. The Labute approximate surface area is 270 Å². The number of carboxylic acid groups (broad SMARTS) is 1. The number of fused-ring (bicyclic) bond motifs is 1. The zero-order valence-electron chi connectivity index (χ0n) is 25.3. The van der Waals surface area contributed by atoms with Gasteiger partial charge >= 0.3 is 16.4 Å². The lowest BCUT2D eigenvalue weighted by atomic mass is 9.61. The lowest BCUT2D eigenvalue weighted by Gasteiger charge is -2.54. The van der Waals surface area contributed by atoms with Crippen LogP contribution >= 0.6 is 22.9 Å². The highest BCUT2D eigenvalue weighted by atomic mass is 35.5. The van der Waals surface area contributed by atoms with Crippen molar-refractivity contribution in [2.24, 2.45) is 16.5 Å². The van der Waals surface area contributed by atoms with Crippen molar-refractivity contribution < 1.29 is 32.4 Å². The van der Waals surface area contributed by atoms with Crippen molar-refractivity contribution in [3.8, 4) is 0 Å². The van der Waals surface area contributed by atoms with Crippen molar-refractivity contribution in [3.05, 3.63) is 73.8 Å². The molecule has 0 unspecified atom stereocenters. The molecule has 4 atom stereocenters. The number of aromatic nitrogens is 2. The molecule has 2 aromatic heterocycles. The van der Waals surface area contributed by atoms with Crippen LogP contribution in [0.1, 0.15) is 70.4 Å². The zero-order chi connectivity index (χ0) is 32.9. The minimum atomic E-state index is -4.15. The fourth-order valence-electron chi connectivity index (χ4n) is 6.86. The summed E-state index contributed by atoms with van der Waals surface area (Å²) in [6.07, 6.45) is 1.98. The third kappa shape index (κ3) is 6.31. The molecule has 12 nitrogen and oxygen atoms in total. The highest BCUT2D eigenvalue weighted by Gasteiger charge is 2.55. The molecule has 1 aliphatic heterocycles. The van der Waals surface area contributed by atoms with E-state index in [1.807, 2.05) is 45.9 Å². The first kappa shape index (κ1) is 33.2. The van der Waals surface area contributed by atoms with Crippen molar-refractivity contribution in [1.82, 2.24) is 14.9 Å². The average molecular weight is 678 g/mol. The molecule has 1 fully saturated rings. The summed E-state index contributed by atoms with van der Waals surface area (Å²) in [5, 5.41) is 29.6. The molecule has 45 heavy (non-hydrogen) atoms. The molecule has 242 valence electrons. The molecular weight excluding hydrogens is 642 g/mol. The highest BCUT2D eigenvalue weighted by Crippen LogP contribution is 2.55. The number of halogens is 1. The van der Waals surface area contributed by atoms with Crippen LogP contribution in [0.15, 0.2) is 36.8 Å². The minimum Gasteiger partial charge on any atom is -0.465 e. The Hall–Kier alpha value is -3.14. The van der Waals surface area contributed by atoms with Crippen LogP contribution in [0.5, 0.6) is 0 Å². The molecule has 1 aliphatic carbocycles. The van der Waals surface area contributed by atoms with E-state index in [1.165, 1.54) is 28.8 Å². The van der Waals surface area contributed by atoms with E-state index in [4.69, 9.17) is 16.7 Å². The number of aliphatic hydroxyl groups is 1. The predicted molar refractivity (Wildman–Crippen MR) is 170 cm³/mol. The highest BCUT2D eigenvalue weighted by molar-refractivity contribution is 7.84. The van der Waals surface area contributed by atoms with Crippen molar-refractivity contribution in [2.45, 2.75) is 64.6 Å². The molecule has 0 saturated heterocycles. The van der Waals surface area contributed by atoms with Gasteiger partial charge in [-0.25, -0.2) is 19.9 Å². The second-order valence-corrected chi connectivity index (χ2v) is 15.5. The van der Waals surface area contributed by atoms with E-state index in [9.17, 15) is 28.2 Å². The fraction of sp³-hybridized carbons (Fsp3) is 0.467. The molecule has 3 aromatic rings. The number of rotatable bonds is 8. The van der Waals surface area contributed by atoms with Crippen LogP contribution in [-0.2, 0) is 26.4 Å². The number of carbonyl (C=O) groups is 2. The van der Waals surface area contributed by atoms with Crippen molar-refractivity contribution >= 4 is 50.9 Å². The van der Waals surface area contributed by atoms with E-state index < -0.39 is 39.4 Å². The number of nitrogens with one attached hydrogen (secondary N) is 1. The molecule has 1 aromatic carbocycles. The Morgan fingerprint density at radius 2 is 1.98 bits per heavy atom. The van der Waals surface area contributed by atoms with Gasteiger partial charge in [0.1, 0.15) is 17.7 Å². The largest absolute Gasteiger partial charge is 0.465 e. The van der Waals surface area contributed by atoms with E-state index >= 15 is 0 Å². The molecule has 2 aliphatic rings. The summed E-state index contributed by atoms with van der Waals surface area (Å²) in [6, 6.07) is 7.03. The fourth-order valence-corrected chi connectivity index (χ4v) is 8.43. The number of nitrogens with two attached hydrogens (primary N) is 1. The van der Waals surface area contributed by atoms with Crippen LogP contribution in [0.25, 0.3) is 0 Å². The monoisotopic (exact) mass is 677 g/mol. The van der Waals surface area contributed by atoms with Gasteiger partial charge in [-0.2, -0.15) is 8.42 Å². The molecule has 1 amide bonds. The van der Waals surface area contributed by atoms with E-state index in [-0.39, 0.29) is 42.8 Å². The maximum Gasteiger partial charge on any atom is 0.408 e. The molecule has 1 saturated carbocycles. The molecular formula is C30H36ClN5O7S2. The van der Waals surface area contributed by atoms with Gasteiger partial charge in [-0.05, 0) is 66.5 Å². The maximum absolute atomic E-state index is 14.1. The lowest BCUT2D eigenvalue weighted by molar-refractivity contribution is 0.0195. The number of nitrogens with zero attached hydrogens (tertiary/aromatic N) is 3. The zero-order valence-corrected chi connectivity index (χ0v) is 27.7. The number of hydrogen-bond acceptors (Lipinski definition) is 10. The number of aryl methyl sites for hydroxylation is 1. The summed E-state index contributed by atoms with van der Waals surface area (Å²) in [7, 11) is -4.15. The number of thiophene rings is 1. The summed E-state index contributed by atoms with van der Waals surface area (Å²) in [5.74, 6) is -0.569. The smallest absolute Gasteiger partial charge is 0.408 e. The second-order valence-electron chi connectivity index (χ2n) is 12.6. The Bertz CT molecular complexity index is 1740. The molecule has 0 spiro atoms. The number of benzene rings is 1. The van der Waals surface area contributed by atoms with Gasteiger partial charge in [0.15, 0.2) is 0 Å². The summed E-state index contributed by atoms with van der Waals surface area (Å²) >= 11 is 7.76. The third-order valence-corrected chi connectivity index (χ3v) is 10.5. The SMILES string of the molecule is Cc1sc(C(=O)c2cncnc2N[C@@H]2C[C@H](COS(N)(=O)=O)[C@@H](O)C2)cc1[C@@]1(C(C)(C)C)c2cc(Cl)ccc2CCN1C(=O)O. The quantitative estimate of drug-likeness (QED) is 0.250. The van der Waals surface area contributed by atoms with E-state index in [0.717, 1.165) is 16.0 Å². The van der Waals surface area contributed by atoms with Crippen molar-refractivity contribution in [1.29, 1.82) is 0 Å². The molecule has 5 N–H and O–H groups in total. The molecule has 15 heteroatoms. The van der Waals surface area contributed by atoms with Gasteiger partial charge < -0.3 is 15.5 Å². The van der Waals surface area contributed by atoms with Gasteiger partial charge in [0.05, 0.1) is 23.2 Å². The lowest BCUT2D eigenvalue weighted by Crippen LogP contribution is -2.60. The molecule has 0 radical (unpaired) electrons. The summed E-state index contributed by atoms with van der Waals surface area (Å²) in [5.41, 5.74) is 0.917. The molecule has 0 bridgehead atoms. The first-order valence-electron chi connectivity index (χ1n) is 14.4. The Kier molecular flexibility index (Phi) is 9.03. The number of amides is 1. The summed E-state index contributed by atoms with van der Waals surface area (Å²) in [6.45, 7) is 7.86. The third-order valence-electron chi connectivity index (χ3n) is 8.72. The number of anilines is 1. The standard InChI is InChI=1S/C30H36ClN5O7S2/c1-16-22(30(29(2,3)4)23-10-19(31)6-5-17(23)7-8-36(30)28(39)40)12-25(44-16)26(38)21-13-33-15-34-27(21)35-20-9-18(24(37)11-20)14-43-45(32,41)42/h5-6,10,12-13,15,18,20,24,37H,7-9,11,14H2,1-4H3,(H,39,40)(H2,32,41,42)(H,33,34,35)/t18-,20-,24+,30+/m1/s1. The van der Waals surface area contributed by atoms with Gasteiger partial charge in [-0.15, -0.1) is 11.3 Å². The van der Waals surface area contributed by atoms with Crippen molar-refractivity contribution in [3.63, 3.8) is 0 Å². The van der Waals surface area contributed by atoms with Crippen LogP contribution in [0.3, 0.4) is 0 Å². The number of carbonyl (C=O) groups excluding carboxylic acids is 1. The van der Waals surface area contributed by atoms with Gasteiger partial charge in [0.25, 0.3) is 0 Å². The first-order valence-corrected chi connectivity index (χ1v) is 17.1. The predicted octanol–water partition coefficient (Wildman–Crippen LogP) is 4.33.